The second-order valence-corrected chi connectivity index (χ2v) is 8.60. The summed E-state index contributed by atoms with van der Waals surface area (Å²) in [7, 11) is 0. The van der Waals surface area contributed by atoms with E-state index in [1.165, 1.54) is 11.1 Å². The van der Waals surface area contributed by atoms with Crippen molar-refractivity contribution in [3.05, 3.63) is 29.3 Å². The second-order valence-electron chi connectivity index (χ2n) is 8.60. The Morgan fingerprint density at radius 3 is 2.91 bits per heavy atom. The van der Waals surface area contributed by atoms with Crippen LogP contribution >= 0.6 is 0 Å². The molecule has 0 bridgehead atoms. The summed E-state index contributed by atoms with van der Waals surface area (Å²) >= 11 is 0. The fourth-order valence-corrected chi connectivity index (χ4v) is 6.60. The molecular formula is C20H24O2. The highest BCUT2D eigenvalue weighted by atomic mass is 16.3. The molecule has 5 rings (SSSR count). The van der Waals surface area contributed by atoms with Crippen LogP contribution in [0.1, 0.15) is 50.2 Å². The van der Waals surface area contributed by atoms with Crippen molar-refractivity contribution in [2.24, 2.45) is 35.0 Å². The van der Waals surface area contributed by atoms with Gasteiger partial charge >= 0.3 is 0 Å². The summed E-state index contributed by atoms with van der Waals surface area (Å²) in [5, 5.41) is 9.80. The van der Waals surface area contributed by atoms with Gasteiger partial charge in [0.2, 0.25) is 0 Å². The van der Waals surface area contributed by atoms with Crippen LogP contribution in [0.15, 0.2) is 18.2 Å². The van der Waals surface area contributed by atoms with E-state index in [1.54, 1.807) is 0 Å². The second kappa shape index (κ2) is 3.96. The Hall–Kier alpha value is -1.31. The Kier molecular flexibility index (Phi) is 2.37. The first-order valence-electron chi connectivity index (χ1n) is 8.87. The van der Waals surface area contributed by atoms with Crippen LogP contribution in [0.2, 0.25) is 0 Å². The summed E-state index contributed by atoms with van der Waals surface area (Å²) in [5.74, 6) is 4.57. The lowest BCUT2D eigenvalue weighted by atomic mass is 9.52. The Morgan fingerprint density at radius 2 is 2.09 bits per heavy atom. The molecule has 22 heavy (non-hydrogen) atoms. The molecule has 0 unspecified atom stereocenters. The maximum Gasteiger partial charge on any atom is 0.142 e. The van der Waals surface area contributed by atoms with Crippen LogP contribution < -0.4 is 0 Å². The van der Waals surface area contributed by atoms with Crippen molar-refractivity contribution in [1.82, 2.24) is 0 Å². The molecule has 1 N–H and O–H groups in total. The predicted octanol–water partition coefficient (Wildman–Crippen LogP) is 3.92. The van der Waals surface area contributed by atoms with Crippen molar-refractivity contribution in [3.8, 4) is 5.75 Å². The highest BCUT2D eigenvalue weighted by Gasteiger charge is 2.69. The standard InChI is InChI=1S/C20H24O2/c1-10-7-11-8-12(21)3-4-13(11)14-5-6-20(2)18(17(10)14)15-9-16(15)19(20)22/h3-4,8,10,14-18,21H,5-7,9H2,1-2H3/t10-,14-,15-,16+,17-,18+,20+/m1/s1. The zero-order valence-electron chi connectivity index (χ0n) is 13.4. The molecule has 4 aliphatic rings. The quantitative estimate of drug-likeness (QED) is 0.788. The molecular weight excluding hydrogens is 272 g/mol. The monoisotopic (exact) mass is 296 g/mol. The van der Waals surface area contributed by atoms with Crippen LogP contribution in [0, 0.1) is 35.0 Å². The summed E-state index contributed by atoms with van der Waals surface area (Å²) in [6.45, 7) is 4.64. The molecule has 0 radical (unpaired) electrons. The van der Waals surface area contributed by atoms with Crippen molar-refractivity contribution >= 4 is 5.78 Å². The van der Waals surface area contributed by atoms with E-state index >= 15 is 0 Å². The zero-order chi connectivity index (χ0) is 15.2. The summed E-state index contributed by atoms with van der Waals surface area (Å²) < 4.78 is 0. The molecule has 0 aromatic heterocycles. The first-order chi connectivity index (χ1) is 10.5. The molecule has 1 aromatic rings. The van der Waals surface area contributed by atoms with Gasteiger partial charge in [-0.3, -0.25) is 4.79 Å². The molecule has 0 amide bonds. The zero-order valence-corrected chi connectivity index (χ0v) is 13.4. The van der Waals surface area contributed by atoms with Gasteiger partial charge in [-0.1, -0.05) is 19.9 Å². The smallest absolute Gasteiger partial charge is 0.142 e. The molecule has 4 aliphatic carbocycles. The van der Waals surface area contributed by atoms with Crippen molar-refractivity contribution < 1.29 is 9.90 Å². The Labute approximate surface area is 131 Å². The first kappa shape index (κ1) is 13.2. The third-order valence-electron chi connectivity index (χ3n) is 7.52. The summed E-state index contributed by atoms with van der Waals surface area (Å²) in [6.07, 6.45) is 4.43. The first-order valence-corrected chi connectivity index (χ1v) is 8.87. The number of phenolic OH excluding ortho intramolecular Hbond substituents is 1. The van der Waals surface area contributed by atoms with Gasteiger partial charge in [-0.05, 0) is 78.5 Å². The number of hydrogen-bond donors (Lipinski definition) is 1. The maximum absolute atomic E-state index is 12.7. The topological polar surface area (TPSA) is 37.3 Å². The van der Waals surface area contributed by atoms with Crippen LogP contribution in [0.25, 0.3) is 0 Å². The number of ketones is 1. The Morgan fingerprint density at radius 1 is 1.27 bits per heavy atom. The number of benzene rings is 1. The molecule has 0 aliphatic heterocycles. The van der Waals surface area contributed by atoms with Gasteiger partial charge in [0, 0.05) is 11.3 Å². The number of carbonyl (C=O) groups is 1. The predicted molar refractivity (Wildman–Crippen MR) is 84.6 cm³/mol. The number of rotatable bonds is 0. The van der Waals surface area contributed by atoms with E-state index in [-0.39, 0.29) is 5.41 Å². The highest BCUT2D eigenvalue weighted by Crippen LogP contribution is 2.70. The number of aromatic hydroxyl groups is 1. The lowest BCUT2D eigenvalue weighted by Gasteiger charge is -2.52. The average Bonchev–Trinajstić information content (AvgIpc) is 3.22. The van der Waals surface area contributed by atoms with Crippen molar-refractivity contribution in [2.75, 3.05) is 0 Å². The van der Waals surface area contributed by atoms with E-state index in [0.717, 1.165) is 25.7 Å². The van der Waals surface area contributed by atoms with E-state index in [9.17, 15) is 9.90 Å². The average molecular weight is 296 g/mol. The number of phenols is 1. The van der Waals surface area contributed by atoms with E-state index in [2.05, 4.69) is 19.9 Å². The van der Waals surface area contributed by atoms with E-state index in [1.807, 2.05) is 12.1 Å². The molecule has 3 fully saturated rings. The largest absolute Gasteiger partial charge is 0.508 e. The maximum atomic E-state index is 12.7. The third-order valence-corrected chi connectivity index (χ3v) is 7.52. The fraction of sp³-hybridized carbons (Fsp3) is 0.650. The lowest BCUT2D eigenvalue weighted by molar-refractivity contribution is -0.133. The van der Waals surface area contributed by atoms with Crippen molar-refractivity contribution in [3.63, 3.8) is 0 Å². The SMILES string of the molecule is C[C@@H]1Cc2cc(O)ccc2[C@H]2CC[C@]3(C)C(=O)[C@H]4C[C@H]4[C@H]3[C@H]12. The Balaban J connectivity index is 1.61. The van der Waals surface area contributed by atoms with Gasteiger partial charge in [0.05, 0.1) is 0 Å². The summed E-state index contributed by atoms with van der Waals surface area (Å²) in [5.41, 5.74) is 2.77. The number of carbonyl (C=O) groups excluding carboxylic acids is 1. The van der Waals surface area contributed by atoms with Crippen LogP contribution in [0.3, 0.4) is 0 Å². The van der Waals surface area contributed by atoms with Crippen LogP contribution in [-0.4, -0.2) is 10.9 Å². The van der Waals surface area contributed by atoms with E-state index in [4.69, 9.17) is 0 Å². The van der Waals surface area contributed by atoms with Gasteiger partial charge in [-0.25, -0.2) is 0 Å². The Bertz CT molecular complexity index is 678. The molecule has 0 heterocycles. The molecule has 116 valence electrons. The lowest BCUT2D eigenvalue weighted by Crippen LogP contribution is -2.47. The molecule has 2 nitrogen and oxygen atoms in total. The van der Waals surface area contributed by atoms with Gasteiger partial charge in [-0.2, -0.15) is 0 Å². The van der Waals surface area contributed by atoms with Crippen molar-refractivity contribution in [2.45, 2.75) is 45.4 Å². The third kappa shape index (κ3) is 1.44. The molecule has 2 heteroatoms. The minimum atomic E-state index is -0.0303. The fourth-order valence-electron chi connectivity index (χ4n) is 6.60. The molecule has 0 spiro atoms. The minimum absolute atomic E-state index is 0.0303. The van der Waals surface area contributed by atoms with Gasteiger partial charge < -0.3 is 5.11 Å². The van der Waals surface area contributed by atoms with Gasteiger partial charge in [0.1, 0.15) is 11.5 Å². The van der Waals surface area contributed by atoms with Crippen molar-refractivity contribution in [1.29, 1.82) is 0 Å². The summed E-state index contributed by atoms with van der Waals surface area (Å²) in [4.78, 5) is 12.7. The van der Waals surface area contributed by atoms with Gasteiger partial charge in [0.15, 0.2) is 0 Å². The van der Waals surface area contributed by atoms with Gasteiger partial charge in [-0.15, -0.1) is 0 Å². The minimum Gasteiger partial charge on any atom is -0.508 e. The number of fused-ring (bicyclic) bond motifs is 7. The molecule has 1 aromatic carbocycles. The summed E-state index contributed by atoms with van der Waals surface area (Å²) in [6, 6.07) is 5.97. The van der Waals surface area contributed by atoms with Gasteiger partial charge in [0.25, 0.3) is 0 Å². The number of Topliss-reactive ketones (excluding diaryl/α,β-unsaturated/α-hetero) is 1. The normalized spacial score (nSPS) is 48.2. The molecule has 3 saturated carbocycles. The van der Waals surface area contributed by atoms with Crippen LogP contribution in [0.4, 0.5) is 0 Å². The van der Waals surface area contributed by atoms with Crippen LogP contribution in [0.5, 0.6) is 5.75 Å². The highest BCUT2D eigenvalue weighted by molar-refractivity contribution is 5.92. The number of hydrogen-bond acceptors (Lipinski definition) is 2. The van der Waals surface area contributed by atoms with Crippen LogP contribution in [-0.2, 0) is 11.2 Å². The van der Waals surface area contributed by atoms with E-state index < -0.39 is 0 Å². The molecule has 0 saturated heterocycles. The van der Waals surface area contributed by atoms with E-state index in [0.29, 0.717) is 47.0 Å². The molecule has 7 atom stereocenters.